The first-order valence-electron chi connectivity index (χ1n) is 9.49. The van der Waals surface area contributed by atoms with E-state index in [2.05, 4.69) is 15.0 Å². The number of primary amides is 1. The number of para-hydroxylation sites is 2. The predicted octanol–water partition coefficient (Wildman–Crippen LogP) is 3.47. The van der Waals surface area contributed by atoms with Crippen LogP contribution in [0.2, 0.25) is 0 Å². The van der Waals surface area contributed by atoms with Crippen molar-refractivity contribution in [1.29, 1.82) is 0 Å². The van der Waals surface area contributed by atoms with Crippen LogP contribution >= 0.6 is 0 Å². The molecule has 0 radical (unpaired) electrons. The molecule has 0 unspecified atom stereocenters. The Morgan fingerprint density at radius 2 is 1.70 bits per heavy atom. The Kier molecular flexibility index (Phi) is 6.49. The second kappa shape index (κ2) is 9.06. The second-order valence-electron chi connectivity index (χ2n) is 7.10. The zero-order valence-electron chi connectivity index (χ0n) is 16.1. The molecule has 6 nitrogen and oxygen atoms in total. The molecule has 0 spiro atoms. The van der Waals surface area contributed by atoms with Crippen molar-refractivity contribution >= 4 is 23.2 Å². The highest BCUT2D eigenvalue weighted by atomic mass is 19.4. The summed E-state index contributed by atoms with van der Waals surface area (Å²) in [6.07, 6.45) is -3.44. The summed E-state index contributed by atoms with van der Waals surface area (Å²) in [5.41, 5.74) is 7.42. The van der Waals surface area contributed by atoms with Gasteiger partial charge in [0.15, 0.2) is 0 Å². The molecule has 0 aromatic heterocycles. The van der Waals surface area contributed by atoms with Crippen LogP contribution in [-0.2, 0) is 16.0 Å². The Morgan fingerprint density at radius 3 is 2.30 bits per heavy atom. The number of nitrogens with two attached hydrogens (primary N) is 1. The average molecular weight is 421 g/mol. The summed E-state index contributed by atoms with van der Waals surface area (Å²) in [7, 11) is 0. The first-order chi connectivity index (χ1) is 14.2. The Balaban J connectivity index is 1.61. The molecule has 2 aromatic carbocycles. The number of carbonyl (C=O) groups is 2. The Hall–Kier alpha value is -3.23. The summed E-state index contributed by atoms with van der Waals surface area (Å²) in [4.78, 5) is 25.9. The number of amides is 2. The number of carbonyl (C=O) groups excluding carboxylic acids is 2. The van der Waals surface area contributed by atoms with Crippen LogP contribution in [0.15, 0.2) is 48.5 Å². The van der Waals surface area contributed by atoms with Gasteiger partial charge in [0.1, 0.15) is 5.75 Å². The molecule has 0 atom stereocenters. The van der Waals surface area contributed by atoms with Gasteiger partial charge >= 0.3 is 6.36 Å². The van der Waals surface area contributed by atoms with Gasteiger partial charge in [0, 0.05) is 19.0 Å². The minimum Gasteiger partial charge on any atom is -0.406 e. The highest BCUT2D eigenvalue weighted by molar-refractivity contribution is 5.95. The van der Waals surface area contributed by atoms with Gasteiger partial charge < -0.3 is 20.7 Å². The van der Waals surface area contributed by atoms with Gasteiger partial charge in [-0.2, -0.15) is 0 Å². The van der Waals surface area contributed by atoms with Gasteiger partial charge in [-0.1, -0.05) is 24.3 Å². The lowest BCUT2D eigenvalue weighted by Crippen LogP contribution is -2.38. The van der Waals surface area contributed by atoms with E-state index in [1.807, 2.05) is 12.1 Å². The minimum absolute atomic E-state index is 0.00435. The molecular weight excluding hydrogens is 399 g/mol. The van der Waals surface area contributed by atoms with E-state index in [4.69, 9.17) is 5.73 Å². The molecule has 0 bridgehead atoms. The van der Waals surface area contributed by atoms with Gasteiger partial charge in [-0.25, -0.2) is 0 Å². The number of rotatable bonds is 6. The van der Waals surface area contributed by atoms with Crippen LogP contribution in [0, 0.1) is 5.92 Å². The van der Waals surface area contributed by atoms with E-state index >= 15 is 0 Å². The van der Waals surface area contributed by atoms with Gasteiger partial charge in [-0.05, 0) is 42.7 Å². The Bertz CT molecular complexity index is 892. The summed E-state index contributed by atoms with van der Waals surface area (Å²) in [6, 6.07) is 12.5. The number of halogens is 3. The monoisotopic (exact) mass is 421 g/mol. The molecule has 30 heavy (non-hydrogen) atoms. The molecule has 2 aromatic rings. The van der Waals surface area contributed by atoms with E-state index in [1.165, 1.54) is 24.3 Å². The topological polar surface area (TPSA) is 84.7 Å². The summed E-state index contributed by atoms with van der Waals surface area (Å²) in [5.74, 6) is -1.05. The van der Waals surface area contributed by atoms with Crippen LogP contribution in [0.3, 0.4) is 0 Å². The molecule has 9 heteroatoms. The Labute approximate surface area is 171 Å². The standard InChI is InChI=1S/C21H22F3N3O3/c22-21(23,24)30-16-7-5-14(6-8-16)13-19(28)26-17-3-1-2-4-18(17)27-11-9-15(10-12-27)20(25)29/h1-8,15H,9-13H2,(H2,25,29)(H,26,28). The number of ether oxygens (including phenoxy) is 1. The highest BCUT2D eigenvalue weighted by Crippen LogP contribution is 2.30. The molecule has 1 heterocycles. The molecule has 2 amide bonds. The molecule has 3 rings (SSSR count). The van der Waals surface area contributed by atoms with Crippen molar-refractivity contribution in [3.63, 3.8) is 0 Å². The fourth-order valence-electron chi connectivity index (χ4n) is 3.45. The minimum atomic E-state index is -4.76. The lowest BCUT2D eigenvalue weighted by Gasteiger charge is -2.33. The smallest absolute Gasteiger partial charge is 0.406 e. The SMILES string of the molecule is NC(=O)C1CCN(c2ccccc2NC(=O)Cc2ccc(OC(F)(F)F)cc2)CC1. The van der Waals surface area contributed by atoms with Gasteiger partial charge in [0.05, 0.1) is 17.8 Å². The first kappa shape index (κ1) is 21.5. The number of nitrogens with one attached hydrogen (secondary N) is 1. The summed E-state index contributed by atoms with van der Waals surface area (Å²) < 4.78 is 40.5. The molecule has 0 saturated carbocycles. The van der Waals surface area contributed by atoms with Gasteiger partial charge in [-0.3, -0.25) is 9.59 Å². The lowest BCUT2D eigenvalue weighted by atomic mass is 9.96. The maximum absolute atomic E-state index is 12.5. The highest BCUT2D eigenvalue weighted by Gasteiger charge is 2.31. The molecule has 1 fully saturated rings. The average Bonchev–Trinajstić information content (AvgIpc) is 2.69. The molecule has 1 aliphatic rings. The maximum atomic E-state index is 12.5. The van der Waals surface area contributed by atoms with Gasteiger partial charge in [-0.15, -0.1) is 13.2 Å². The molecule has 1 saturated heterocycles. The fourth-order valence-corrected chi connectivity index (χ4v) is 3.45. The van der Waals surface area contributed by atoms with Crippen LogP contribution in [0.1, 0.15) is 18.4 Å². The van der Waals surface area contributed by atoms with E-state index in [1.54, 1.807) is 12.1 Å². The van der Waals surface area contributed by atoms with Crippen LogP contribution in [0.4, 0.5) is 24.5 Å². The fraction of sp³-hybridized carbons (Fsp3) is 0.333. The zero-order chi connectivity index (χ0) is 21.7. The number of hydrogen-bond donors (Lipinski definition) is 2. The van der Waals surface area contributed by atoms with Gasteiger partial charge in [0.2, 0.25) is 11.8 Å². The lowest BCUT2D eigenvalue weighted by molar-refractivity contribution is -0.274. The van der Waals surface area contributed by atoms with E-state index in [0.29, 0.717) is 37.2 Å². The van der Waals surface area contributed by atoms with Crippen molar-refractivity contribution < 1.29 is 27.5 Å². The van der Waals surface area contributed by atoms with Crippen LogP contribution < -0.4 is 20.7 Å². The number of piperidine rings is 1. The van der Waals surface area contributed by atoms with E-state index in [-0.39, 0.29) is 29.9 Å². The largest absolute Gasteiger partial charge is 0.573 e. The summed E-state index contributed by atoms with van der Waals surface area (Å²) >= 11 is 0. The van der Waals surface area contributed by atoms with Crippen LogP contribution in [0.5, 0.6) is 5.75 Å². The number of alkyl halides is 3. The number of nitrogens with zero attached hydrogens (tertiary/aromatic N) is 1. The second-order valence-corrected chi connectivity index (χ2v) is 7.10. The van der Waals surface area contributed by atoms with Crippen molar-refractivity contribution in [2.24, 2.45) is 11.7 Å². The zero-order valence-corrected chi connectivity index (χ0v) is 16.1. The van der Waals surface area contributed by atoms with E-state index < -0.39 is 6.36 Å². The molecule has 160 valence electrons. The van der Waals surface area contributed by atoms with Crippen molar-refractivity contribution in [2.75, 3.05) is 23.3 Å². The maximum Gasteiger partial charge on any atom is 0.573 e. The number of benzene rings is 2. The third-order valence-corrected chi connectivity index (χ3v) is 4.94. The third kappa shape index (κ3) is 5.88. The van der Waals surface area contributed by atoms with Crippen molar-refractivity contribution in [2.45, 2.75) is 25.6 Å². The number of anilines is 2. The summed E-state index contributed by atoms with van der Waals surface area (Å²) in [6.45, 7) is 1.31. The summed E-state index contributed by atoms with van der Waals surface area (Å²) in [5, 5.41) is 2.86. The van der Waals surface area contributed by atoms with E-state index in [9.17, 15) is 22.8 Å². The van der Waals surface area contributed by atoms with Crippen LogP contribution in [0.25, 0.3) is 0 Å². The predicted molar refractivity (Wildman–Crippen MR) is 106 cm³/mol. The normalized spacial score (nSPS) is 15.0. The molecule has 3 N–H and O–H groups in total. The van der Waals surface area contributed by atoms with E-state index in [0.717, 1.165) is 5.69 Å². The quantitative estimate of drug-likeness (QED) is 0.748. The third-order valence-electron chi connectivity index (χ3n) is 4.94. The molecular formula is C21H22F3N3O3. The van der Waals surface area contributed by atoms with Crippen molar-refractivity contribution in [3.05, 3.63) is 54.1 Å². The van der Waals surface area contributed by atoms with Crippen molar-refractivity contribution in [1.82, 2.24) is 0 Å². The Morgan fingerprint density at radius 1 is 1.07 bits per heavy atom. The van der Waals surface area contributed by atoms with Crippen molar-refractivity contribution in [3.8, 4) is 5.75 Å². The number of hydrogen-bond acceptors (Lipinski definition) is 4. The molecule has 0 aliphatic carbocycles. The van der Waals surface area contributed by atoms with Gasteiger partial charge in [0.25, 0.3) is 0 Å². The molecule has 1 aliphatic heterocycles. The van der Waals surface area contributed by atoms with Crippen LogP contribution in [-0.4, -0.2) is 31.3 Å². The first-order valence-corrected chi connectivity index (χ1v) is 9.49.